The van der Waals surface area contributed by atoms with Crippen LogP contribution in [0.1, 0.15) is 32.7 Å². The molecule has 0 spiro atoms. The molecular weight excluding hydrogens is 348 g/mol. The number of methoxy groups -OCH3 is 1. The van der Waals surface area contributed by atoms with E-state index in [1.165, 1.54) is 18.2 Å². The van der Waals surface area contributed by atoms with E-state index in [9.17, 15) is 4.79 Å². The van der Waals surface area contributed by atoms with Crippen LogP contribution in [0.4, 0.5) is 0 Å². The Kier molecular flexibility index (Phi) is 5.14. The Morgan fingerprint density at radius 3 is 2.42 bits per heavy atom. The minimum absolute atomic E-state index is 0.291. The molecule has 0 fully saturated rings. The smallest absolute Gasteiger partial charge is 0.358 e. The number of nitrogens with zero attached hydrogens (tertiary/aromatic N) is 2. The molecule has 26 heavy (non-hydrogen) atoms. The van der Waals surface area contributed by atoms with E-state index < -0.39 is 5.97 Å². The molecule has 0 saturated carbocycles. The summed E-state index contributed by atoms with van der Waals surface area (Å²) in [6.07, 6.45) is 0. The van der Waals surface area contributed by atoms with Gasteiger partial charge in [-0.2, -0.15) is 5.10 Å². The fourth-order valence-corrected chi connectivity index (χ4v) is 2.99. The summed E-state index contributed by atoms with van der Waals surface area (Å²) in [7, 11) is 1.36. The van der Waals surface area contributed by atoms with Crippen LogP contribution in [0.3, 0.4) is 0 Å². The molecule has 3 rings (SSSR count). The molecular formula is C21H21ClN2O2. The van der Waals surface area contributed by atoms with Crippen molar-refractivity contribution >= 4 is 17.6 Å². The number of aryl methyl sites for hydroxylation is 3. The summed E-state index contributed by atoms with van der Waals surface area (Å²) in [5, 5.41) is 5.17. The third-order valence-corrected chi connectivity index (χ3v) is 4.95. The molecule has 0 saturated heterocycles. The van der Waals surface area contributed by atoms with Crippen LogP contribution < -0.4 is 0 Å². The zero-order valence-corrected chi connectivity index (χ0v) is 16.1. The van der Waals surface area contributed by atoms with Crippen molar-refractivity contribution in [1.29, 1.82) is 0 Å². The Morgan fingerprint density at radius 2 is 1.77 bits per heavy atom. The molecule has 0 aliphatic carbocycles. The number of ether oxygens (including phenoxy) is 1. The van der Waals surface area contributed by atoms with Gasteiger partial charge in [0.2, 0.25) is 0 Å². The summed E-state index contributed by atoms with van der Waals surface area (Å²) in [5.74, 6) is -0.448. The van der Waals surface area contributed by atoms with Gasteiger partial charge in [0.1, 0.15) is 0 Å². The number of carbonyl (C=O) groups excluding carboxylic acids is 1. The number of esters is 1. The maximum absolute atomic E-state index is 12.0. The van der Waals surface area contributed by atoms with Gasteiger partial charge in [-0.15, -0.1) is 0 Å². The highest BCUT2D eigenvalue weighted by atomic mass is 35.5. The van der Waals surface area contributed by atoms with E-state index in [0.717, 1.165) is 27.4 Å². The van der Waals surface area contributed by atoms with Crippen LogP contribution in [0.25, 0.3) is 11.3 Å². The van der Waals surface area contributed by atoms with Crippen molar-refractivity contribution in [2.75, 3.05) is 7.11 Å². The third-order valence-electron chi connectivity index (χ3n) is 4.55. The van der Waals surface area contributed by atoms with Crippen molar-refractivity contribution in [2.24, 2.45) is 0 Å². The third kappa shape index (κ3) is 3.65. The first-order valence-corrected chi connectivity index (χ1v) is 8.75. The summed E-state index contributed by atoms with van der Waals surface area (Å²) in [5.41, 5.74) is 6.62. The average Bonchev–Trinajstić information content (AvgIpc) is 3.03. The van der Waals surface area contributed by atoms with Gasteiger partial charge in [0.15, 0.2) is 5.69 Å². The van der Waals surface area contributed by atoms with Crippen molar-refractivity contribution in [3.05, 3.63) is 75.4 Å². The molecule has 2 aromatic carbocycles. The summed E-state index contributed by atoms with van der Waals surface area (Å²) in [4.78, 5) is 12.0. The second kappa shape index (κ2) is 7.34. The van der Waals surface area contributed by atoms with Crippen molar-refractivity contribution in [3.8, 4) is 11.3 Å². The van der Waals surface area contributed by atoms with Crippen molar-refractivity contribution in [3.63, 3.8) is 0 Å². The van der Waals surface area contributed by atoms with E-state index in [1.807, 2.05) is 35.9 Å². The fourth-order valence-electron chi connectivity index (χ4n) is 2.78. The Balaban J connectivity index is 2.07. The molecule has 0 bridgehead atoms. The number of hydrogen-bond acceptors (Lipinski definition) is 3. The second-order valence-corrected chi connectivity index (χ2v) is 6.85. The summed E-state index contributed by atoms with van der Waals surface area (Å²) >= 11 is 6.25. The zero-order valence-electron chi connectivity index (χ0n) is 15.3. The van der Waals surface area contributed by atoms with E-state index in [-0.39, 0.29) is 0 Å². The van der Waals surface area contributed by atoms with Gasteiger partial charge in [0, 0.05) is 10.6 Å². The molecule has 5 heteroatoms. The van der Waals surface area contributed by atoms with Crippen molar-refractivity contribution in [2.45, 2.75) is 27.3 Å². The molecule has 0 N–H and O–H groups in total. The van der Waals surface area contributed by atoms with Gasteiger partial charge in [-0.3, -0.25) is 4.68 Å². The zero-order chi connectivity index (χ0) is 18.8. The average molecular weight is 369 g/mol. The maximum atomic E-state index is 12.0. The molecule has 0 amide bonds. The van der Waals surface area contributed by atoms with Gasteiger partial charge in [0.05, 0.1) is 19.3 Å². The van der Waals surface area contributed by atoms with Gasteiger partial charge in [-0.25, -0.2) is 4.79 Å². The highest BCUT2D eigenvalue weighted by molar-refractivity contribution is 6.31. The lowest BCUT2D eigenvalue weighted by Gasteiger charge is -2.10. The molecule has 4 nitrogen and oxygen atoms in total. The van der Waals surface area contributed by atoms with Crippen molar-refractivity contribution < 1.29 is 9.53 Å². The number of benzene rings is 2. The molecule has 0 atom stereocenters. The number of hydrogen-bond donors (Lipinski definition) is 0. The second-order valence-electron chi connectivity index (χ2n) is 6.45. The summed E-state index contributed by atoms with van der Waals surface area (Å²) < 4.78 is 6.65. The lowest BCUT2D eigenvalue weighted by molar-refractivity contribution is 0.0593. The minimum atomic E-state index is -0.448. The SMILES string of the molecule is COC(=O)c1cc(-c2ccc(C)c(C)c2)n(Cc2ccc(C)c(Cl)c2)n1. The molecule has 0 aliphatic heterocycles. The molecule has 0 unspecified atom stereocenters. The van der Waals surface area contributed by atoms with Gasteiger partial charge < -0.3 is 4.74 Å². The first-order chi connectivity index (χ1) is 12.4. The van der Waals surface area contributed by atoms with Gasteiger partial charge in [-0.05, 0) is 61.2 Å². The monoisotopic (exact) mass is 368 g/mol. The highest BCUT2D eigenvalue weighted by Gasteiger charge is 2.17. The maximum Gasteiger partial charge on any atom is 0.358 e. The predicted molar refractivity (Wildman–Crippen MR) is 104 cm³/mol. The quantitative estimate of drug-likeness (QED) is 0.611. The van der Waals surface area contributed by atoms with Gasteiger partial charge in [0.25, 0.3) is 0 Å². The van der Waals surface area contributed by atoms with Crippen LogP contribution in [0.15, 0.2) is 42.5 Å². The van der Waals surface area contributed by atoms with E-state index in [0.29, 0.717) is 12.2 Å². The number of carbonyl (C=O) groups is 1. The molecule has 0 radical (unpaired) electrons. The molecule has 1 aromatic heterocycles. The molecule has 3 aromatic rings. The van der Waals surface area contributed by atoms with E-state index in [4.69, 9.17) is 16.3 Å². The summed E-state index contributed by atoms with van der Waals surface area (Å²) in [6, 6.07) is 13.9. The lowest BCUT2D eigenvalue weighted by Crippen LogP contribution is -2.07. The number of aromatic nitrogens is 2. The predicted octanol–water partition coefficient (Wildman–Crippen LogP) is 4.96. The van der Waals surface area contributed by atoms with E-state index in [1.54, 1.807) is 6.07 Å². The standard InChI is InChI=1S/C21H21ClN2O2/c1-13-6-8-17(9-15(13)3)20-11-19(21(25)26-4)23-24(20)12-16-7-5-14(2)18(22)10-16/h5-11H,12H2,1-4H3. The Hall–Kier alpha value is -2.59. The van der Waals surface area contributed by atoms with Crippen LogP contribution in [0.2, 0.25) is 5.02 Å². The Morgan fingerprint density at radius 1 is 1.04 bits per heavy atom. The van der Waals surface area contributed by atoms with Crippen LogP contribution in [0.5, 0.6) is 0 Å². The Bertz CT molecular complexity index is 976. The van der Waals surface area contributed by atoms with Crippen LogP contribution in [-0.4, -0.2) is 22.9 Å². The molecule has 134 valence electrons. The first kappa shape index (κ1) is 18.2. The van der Waals surface area contributed by atoms with Gasteiger partial charge >= 0.3 is 5.97 Å². The minimum Gasteiger partial charge on any atom is -0.464 e. The van der Waals surface area contributed by atoms with Crippen LogP contribution in [-0.2, 0) is 11.3 Å². The van der Waals surface area contributed by atoms with Gasteiger partial charge in [-0.1, -0.05) is 35.9 Å². The summed E-state index contributed by atoms with van der Waals surface area (Å²) in [6.45, 7) is 6.63. The first-order valence-electron chi connectivity index (χ1n) is 8.38. The van der Waals surface area contributed by atoms with E-state index in [2.05, 4.69) is 31.1 Å². The molecule has 1 heterocycles. The Labute approximate surface area is 158 Å². The van der Waals surface area contributed by atoms with Crippen LogP contribution in [0, 0.1) is 20.8 Å². The highest BCUT2D eigenvalue weighted by Crippen LogP contribution is 2.25. The fraction of sp³-hybridized carbons (Fsp3) is 0.238. The normalized spacial score (nSPS) is 10.8. The molecule has 0 aliphatic rings. The topological polar surface area (TPSA) is 44.1 Å². The van der Waals surface area contributed by atoms with E-state index >= 15 is 0 Å². The number of halogens is 1. The lowest BCUT2D eigenvalue weighted by atomic mass is 10.0. The number of rotatable bonds is 4. The van der Waals surface area contributed by atoms with Crippen molar-refractivity contribution in [1.82, 2.24) is 9.78 Å². The largest absolute Gasteiger partial charge is 0.464 e. The van der Waals surface area contributed by atoms with Crippen LogP contribution >= 0.6 is 11.6 Å².